The van der Waals surface area contributed by atoms with Gasteiger partial charge in [0.1, 0.15) is 0 Å². The molecule has 0 bridgehead atoms. The zero-order valence-corrected chi connectivity index (χ0v) is 14.5. The summed E-state index contributed by atoms with van der Waals surface area (Å²) >= 11 is 3.27. The van der Waals surface area contributed by atoms with Gasteiger partial charge in [-0.25, -0.2) is 4.98 Å². The molecule has 3 rings (SSSR count). The lowest BCUT2D eigenvalue weighted by atomic mass is 10.00. The van der Waals surface area contributed by atoms with Crippen molar-refractivity contribution in [3.8, 4) is 10.6 Å². The van der Waals surface area contributed by atoms with Gasteiger partial charge in [-0.3, -0.25) is 4.79 Å². The van der Waals surface area contributed by atoms with Gasteiger partial charge < -0.3 is 11.1 Å². The van der Waals surface area contributed by atoms with Crippen molar-refractivity contribution in [2.24, 2.45) is 11.7 Å². The highest BCUT2D eigenvalue weighted by Crippen LogP contribution is 2.34. The van der Waals surface area contributed by atoms with Gasteiger partial charge in [0.05, 0.1) is 10.6 Å². The molecule has 1 amide bonds. The van der Waals surface area contributed by atoms with Crippen molar-refractivity contribution in [3.05, 3.63) is 21.9 Å². The van der Waals surface area contributed by atoms with Crippen LogP contribution in [0.1, 0.15) is 35.4 Å². The number of amides is 1. The van der Waals surface area contributed by atoms with E-state index in [1.165, 1.54) is 16.2 Å². The van der Waals surface area contributed by atoms with E-state index >= 15 is 0 Å². The Morgan fingerprint density at radius 2 is 2.18 bits per heavy atom. The number of nitrogens with two attached hydrogens (primary N) is 1. The average Bonchev–Trinajstić information content (AvgIpc) is 3.13. The van der Waals surface area contributed by atoms with E-state index in [4.69, 9.17) is 5.73 Å². The number of carbonyl (C=O) groups excluding carboxylic acids is 1. The second kappa shape index (κ2) is 6.48. The standard InChI is InChI=1S/C16H21N3OS2/c1-9-6-7-13(21-9)15-10(2)22-16(19-15)18-14(20)8-11-4-3-5-12(11)17/h6-7,11-12H,3-5,8,17H2,1-2H3,(H,18,19,20)/t11-,12+/m0/s1. The van der Waals surface area contributed by atoms with E-state index in [0.29, 0.717) is 17.5 Å². The second-order valence-corrected chi connectivity index (χ2v) is 8.43. The maximum absolute atomic E-state index is 12.2. The van der Waals surface area contributed by atoms with Crippen molar-refractivity contribution in [1.29, 1.82) is 0 Å². The molecule has 0 radical (unpaired) electrons. The van der Waals surface area contributed by atoms with Crippen LogP contribution in [-0.2, 0) is 4.79 Å². The molecule has 0 spiro atoms. The molecule has 1 aliphatic carbocycles. The van der Waals surface area contributed by atoms with Crippen molar-refractivity contribution in [2.75, 3.05) is 5.32 Å². The molecule has 1 fully saturated rings. The van der Waals surface area contributed by atoms with Crippen LogP contribution in [-0.4, -0.2) is 16.9 Å². The van der Waals surface area contributed by atoms with E-state index < -0.39 is 0 Å². The summed E-state index contributed by atoms with van der Waals surface area (Å²) in [5, 5.41) is 3.63. The summed E-state index contributed by atoms with van der Waals surface area (Å²) in [6, 6.07) is 4.36. The number of nitrogens with one attached hydrogen (secondary N) is 1. The van der Waals surface area contributed by atoms with Crippen LogP contribution in [0.25, 0.3) is 10.6 Å². The number of thiazole rings is 1. The molecule has 2 aromatic rings. The SMILES string of the molecule is Cc1ccc(-c2nc(NC(=O)C[C@@H]3CCC[C@H]3N)sc2C)s1. The first kappa shape index (κ1) is 15.6. The van der Waals surface area contributed by atoms with Crippen LogP contribution in [0.5, 0.6) is 0 Å². The highest BCUT2D eigenvalue weighted by molar-refractivity contribution is 7.18. The van der Waals surface area contributed by atoms with Crippen molar-refractivity contribution in [1.82, 2.24) is 4.98 Å². The zero-order valence-electron chi connectivity index (χ0n) is 12.9. The average molecular weight is 335 g/mol. The summed E-state index contributed by atoms with van der Waals surface area (Å²) in [7, 11) is 0. The van der Waals surface area contributed by atoms with Gasteiger partial charge in [0.15, 0.2) is 5.13 Å². The van der Waals surface area contributed by atoms with Gasteiger partial charge in [0.2, 0.25) is 5.91 Å². The lowest BCUT2D eigenvalue weighted by molar-refractivity contribution is -0.117. The summed E-state index contributed by atoms with van der Waals surface area (Å²) in [6.45, 7) is 4.13. The highest BCUT2D eigenvalue weighted by atomic mass is 32.1. The Hall–Kier alpha value is -1.24. The van der Waals surface area contributed by atoms with Gasteiger partial charge in [-0.05, 0) is 44.7 Å². The first-order valence-electron chi connectivity index (χ1n) is 7.62. The largest absolute Gasteiger partial charge is 0.327 e. The smallest absolute Gasteiger partial charge is 0.226 e. The van der Waals surface area contributed by atoms with Crippen LogP contribution >= 0.6 is 22.7 Å². The van der Waals surface area contributed by atoms with Crippen molar-refractivity contribution in [3.63, 3.8) is 0 Å². The number of hydrogen-bond acceptors (Lipinski definition) is 5. The van der Waals surface area contributed by atoms with Crippen molar-refractivity contribution in [2.45, 2.75) is 45.6 Å². The molecule has 0 aromatic carbocycles. The van der Waals surface area contributed by atoms with Crippen LogP contribution in [0, 0.1) is 19.8 Å². The van der Waals surface area contributed by atoms with E-state index in [-0.39, 0.29) is 11.9 Å². The molecule has 1 aliphatic rings. The molecule has 118 valence electrons. The number of rotatable bonds is 4. The first-order valence-corrected chi connectivity index (χ1v) is 9.26. The molecule has 0 aliphatic heterocycles. The van der Waals surface area contributed by atoms with Crippen LogP contribution in [0.15, 0.2) is 12.1 Å². The van der Waals surface area contributed by atoms with E-state index in [9.17, 15) is 4.79 Å². The molecular weight excluding hydrogens is 314 g/mol. The van der Waals surface area contributed by atoms with E-state index in [1.807, 2.05) is 6.92 Å². The van der Waals surface area contributed by atoms with Gasteiger partial charge in [0, 0.05) is 22.2 Å². The minimum atomic E-state index is 0.0324. The van der Waals surface area contributed by atoms with Crippen LogP contribution in [0.4, 0.5) is 5.13 Å². The molecule has 2 aromatic heterocycles. The molecule has 0 unspecified atom stereocenters. The van der Waals surface area contributed by atoms with Gasteiger partial charge in [-0.1, -0.05) is 6.42 Å². The third kappa shape index (κ3) is 3.39. The van der Waals surface area contributed by atoms with Crippen molar-refractivity contribution < 1.29 is 4.79 Å². The number of thiophene rings is 1. The van der Waals surface area contributed by atoms with E-state index in [2.05, 4.69) is 29.4 Å². The normalized spacial score (nSPS) is 21.2. The maximum Gasteiger partial charge on any atom is 0.226 e. The zero-order chi connectivity index (χ0) is 15.7. The van der Waals surface area contributed by atoms with Gasteiger partial charge in [-0.2, -0.15) is 0 Å². The topological polar surface area (TPSA) is 68.0 Å². The second-order valence-electron chi connectivity index (χ2n) is 5.94. The number of hydrogen-bond donors (Lipinski definition) is 2. The minimum absolute atomic E-state index is 0.0324. The Morgan fingerprint density at radius 3 is 2.82 bits per heavy atom. The van der Waals surface area contributed by atoms with Gasteiger partial charge in [-0.15, -0.1) is 22.7 Å². The Morgan fingerprint density at radius 1 is 1.36 bits per heavy atom. The molecule has 3 N–H and O–H groups in total. The molecule has 1 saturated carbocycles. The monoisotopic (exact) mass is 335 g/mol. The molecule has 2 atom stereocenters. The summed E-state index contributed by atoms with van der Waals surface area (Å²) in [5.74, 6) is 0.352. The summed E-state index contributed by atoms with van der Waals surface area (Å²) in [4.78, 5) is 20.3. The fourth-order valence-electron chi connectivity index (χ4n) is 2.97. The van der Waals surface area contributed by atoms with Gasteiger partial charge in [0.25, 0.3) is 0 Å². The molecule has 0 saturated heterocycles. The van der Waals surface area contributed by atoms with E-state index in [0.717, 1.165) is 34.7 Å². The summed E-state index contributed by atoms with van der Waals surface area (Å²) < 4.78 is 0. The van der Waals surface area contributed by atoms with Crippen molar-refractivity contribution >= 4 is 33.7 Å². The third-order valence-electron chi connectivity index (χ3n) is 4.18. The predicted molar refractivity (Wildman–Crippen MR) is 93.5 cm³/mol. The fraction of sp³-hybridized carbons (Fsp3) is 0.500. The quantitative estimate of drug-likeness (QED) is 0.889. The lowest BCUT2D eigenvalue weighted by Gasteiger charge is -2.13. The number of carbonyl (C=O) groups is 1. The minimum Gasteiger partial charge on any atom is -0.327 e. The lowest BCUT2D eigenvalue weighted by Crippen LogP contribution is -2.28. The van der Waals surface area contributed by atoms with Crippen LogP contribution in [0.3, 0.4) is 0 Å². The molecule has 2 heterocycles. The fourth-order valence-corrected chi connectivity index (χ4v) is 4.79. The van der Waals surface area contributed by atoms with Crippen LogP contribution in [0.2, 0.25) is 0 Å². The van der Waals surface area contributed by atoms with Crippen LogP contribution < -0.4 is 11.1 Å². The predicted octanol–water partition coefficient (Wildman–Crippen LogP) is 3.94. The Bertz CT molecular complexity index is 677. The molecule has 22 heavy (non-hydrogen) atoms. The maximum atomic E-state index is 12.2. The third-order valence-corrected chi connectivity index (χ3v) is 6.08. The Labute approximate surface area is 138 Å². The first-order chi connectivity index (χ1) is 10.5. The summed E-state index contributed by atoms with van der Waals surface area (Å²) in [5.41, 5.74) is 7.02. The van der Waals surface area contributed by atoms with Gasteiger partial charge >= 0.3 is 0 Å². The number of aryl methyl sites for hydroxylation is 2. The number of nitrogens with zero attached hydrogens (tertiary/aromatic N) is 1. The molecular formula is C16H21N3OS2. The summed E-state index contributed by atoms with van der Waals surface area (Å²) in [6.07, 6.45) is 3.74. The number of anilines is 1. The molecule has 6 heteroatoms. The van der Waals surface area contributed by atoms with E-state index in [1.54, 1.807) is 11.3 Å². The Balaban J connectivity index is 1.67. The Kier molecular flexibility index (Phi) is 4.61. The molecule has 4 nitrogen and oxygen atoms in total. The number of aromatic nitrogens is 1. The highest BCUT2D eigenvalue weighted by Gasteiger charge is 2.26.